The highest BCUT2D eigenvalue weighted by Gasteiger charge is 2.13. The van der Waals surface area contributed by atoms with Gasteiger partial charge in [-0.25, -0.2) is 4.98 Å². The van der Waals surface area contributed by atoms with Gasteiger partial charge in [-0.1, -0.05) is 36.0 Å². The molecule has 1 aromatic heterocycles. The van der Waals surface area contributed by atoms with Crippen molar-refractivity contribution in [3.8, 4) is 5.75 Å². The molecular weight excluding hydrogens is 376 g/mol. The largest absolute Gasteiger partial charge is 0.497 e. The van der Waals surface area contributed by atoms with E-state index in [0.717, 1.165) is 17.9 Å². The van der Waals surface area contributed by atoms with Crippen LogP contribution in [0.5, 0.6) is 5.75 Å². The molecule has 0 atom stereocenters. The summed E-state index contributed by atoms with van der Waals surface area (Å²) in [7, 11) is 2.98. The minimum Gasteiger partial charge on any atom is -0.497 e. The fourth-order valence-corrected chi connectivity index (χ4v) is 3.83. The van der Waals surface area contributed by atoms with Crippen LogP contribution in [-0.4, -0.2) is 35.5 Å². The summed E-state index contributed by atoms with van der Waals surface area (Å²) in [5.41, 5.74) is 1.70. The Morgan fingerprint density at radius 1 is 1.11 bits per heavy atom. The Balaban J connectivity index is 1.80. The van der Waals surface area contributed by atoms with Crippen molar-refractivity contribution in [3.05, 3.63) is 64.4 Å². The van der Waals surface area contributed by atoms with Crippen LogP contribution in [-0.2, 0) is 22.5 Å². The molecule has 0 aliphatic carbocycles. The first-order valence-electron chi connectivity index (χ1n) is 8.94. The van der Waals surface area contributed by atoms with Crippen molar-refractivity contribution in [3.63, 3.8) is 0 Å². The van der Waals surface area contributed by atoms with Crippen LogP contribution in [0.4, 0.5) is 0 Å². The first-order chi connectivity index (χ1) is 13.6. The van der Waals surface area contributed by atoms with Crippen LogP contribution >= 0.6 is 11.8 Å². The third-order valence-electron chi connectivity index (χ3n) is 4.37. The van der Waals surface area contributed by atoms with E-state index in [1.807, 2.05) is 42.5 Å². The minimum absolute atomic E-state index is 0.127. The van der Waals surface area contributed by atoms with Gasteiger partial charge in [0.1, 0.15) is 5.75 Å². The normalized spacial score (nSPS) is 10.8. The second-order valence-electron chi connectivity index (χ2n) is 6.14. The summed E-state index contributed by atoms with van der Waals surface area (Å²) < 4.78 is 11.4. The number of hydrogen-bond acceptors (Lipinski definition) is 6. The van der Waals surface area contributed by atoms with Crippen LogP contribution in [0.3, 0.4) is 0 Å². The second kappa shape index (κ2) is 9.41. The molecule has 146 valence electrons. The molecule has 0 fully saturated rings. The van der Waals surface area contributed by atoms with Crippen molar-refractivity contribution in [2.45, 2.75) is 24.5 Å². The molecule has 0 aliphatic rings. The van der Waals surface area contributed by atoms with Crippen molar-refractivity contribution in [1.82, 2.24) is 9.55 Å². The van der Waals surface area contributed by atoms with E-state index in [1.165, 1.54) is 24.4 Å². The molecule has 0 amide bonds. The lowest BCUT2D eigenvalue weighted by atomic mass is 10.2. The zero-order valence-electron chi connectivity index (χ0n) is 15.9. The zero-order valence-corrected chi connectivity index (χ0v) is 16.7. The van der Waals surface area contributed by atoms with Crippen LogP contribution in [0.1, 0.15) is 12.0 Å². The predicted octanol–water partition coefficient (Wildman–Crippen LogP) is 3.30. The van der Waals surface area contributed by atoms with Gasteiger partial charge < -0.3 is 9.47 Å². The topological polar surface area (TPSA) is 70.4 Å². The lowest BCUT2D eigenvalue weighted by Gasteiger charge is -2.12. The third kappa shape index (κ3) is 4.72. The molecule has 0 bridgehead atoms. The minimum atomic E-state index is -0.353. The number of methoxy groups -OCH3 is 2. The Kier molecular flexibility index (Phi) is 6.71. The Hall–Kier alpha value is -2.80. The van der Waals surface area contributed by atoms with Gasteiger partial charge in [-0.15, -0.1) is 0 Å². The van der Waals surface area contributed by atoms with Crippen LogP contribution in [0.25, 0.3) is 10.9 Å². The van der Waals surface area contributed by atoms with Gasteiger partial charge in [-0.05, 0) is 36.2 Å². The van der Waals surface area contributed by atoms with Crippen molar-refractivity contribution < 1.29 is 14.3 Å². The maximum Gasteiger partial charge on any atom is 0.307 e. The molecule has 0 saturated heterocycles. The molecule has 1 heterocycles. The quantitative estimate of drug-likeness (QED) is 0.329. The summed E-state index contributed by atoms with van der Waals surface area (Å²) in [6, 6.07) is 15.2. The van der Waals surface area contributed by atoms with E-state index in [-0.39, 0.29) is 24.5 Å². The van der Waals surface area contributed by atoms with Gasteiger partial charge in [0.15, 0.2) is 5.16 Å². The highest BCUT2D eigenvalue weighted by molar-refractivity contribution is 7.99. The van der Waals surface area contributed by atoms with E-state index < -0.39 is 0 Å². The number of hydrogen-bond donors (Lipinski definition) is 0. The van der Waals surface area contributed by atoms with Crippen molar-refractivity contribution in [2.75, 3.05) is 20.0 Å². The lowest BCUT2D eigenvalue weighted by molar-refractivity contribution is -0.140. The fraction of sp³-hybridized carbons (Fsp3) is 0.286. The van der Waals surface area contributed by atoms with Gasteiger partial charge in [0.25, 0.3) is 5.56 Å². The number of carbonyl (C=O) groups is 1. The molecule has 0 aliphatic heterocycles. The molecule has 0 unspecified atom stereocenters. The molecule has 0 N–H and O–H groups in total. The first-order valence-corrected chi connectivity index (χ1v) is 9.93. The average molecular weight is 398 g/mol. The van der Waals surface area contributed by atoms with Crippen LogP contribution in [0.2, 0.25) is 0 Å². The van der Waals surface area contributed by atoms with Gasteiger partial charge in [-0.2, -0.15) is 0 Å². The van der Waals surface area contributed by atoms with E-state index in [9.17, 15) is 9.59 Å². The number of aryl methyl sites for hydroxylation is 1. The average Bonchev–Trinajstić information content (AvgIpc) is 2.73. The van der Waals surface area contributed by atoms with E-state index in [2.05, 4.69) is 4.98 Å². The first kappa shape index (κ1) is 19.9. The Morgan fingerprint density at radius 3 is 2.57 bits per heavy atom. The highest BCUT2D eigenvalue weighted by Crippen LogP contribution is 2.20. The molecule has 0 radical (unpaired) electrons. The monoisotopic (exact) mass is 398 g/mol. The number of thioether (sulfide) groups is 1. The Bertz CT molecular complexity index is 1020. The number of rotatable bonds is 8. The molecule has 6 nitrogen and oxygen atoms in total. The third-order valence-corrected chi connectivity index (χ3v) is 5.35. The Morgan fingerprint density at radius 2 is 1.86 bits per heavy atom. The summed E-state index contributed by atoms with van der Waals surface area (Å²) in [6.07, 6.45) is 0.955. The number of esters is 1. The summed E-state index contributed by atoms with van der Waals surface area (Å²) in [4.78, 5) is 29.1. The Labute approximate surface area is 167 Å². The smallest absolute Gasteiger partial charge is 0.307 e. The van der Waals surface area contributed by atoms with Gasteiger partial charge in [0.2, 0.25) is 0 Å². The number of para-hydroxylation sites is 1. The molecule has 2 aromatic carbocycles. The van der Waals surface area contributed by atoms with Gasteiger partial charge in [0.05, 0.1) is 31.5 Å². The number of benzene rings is 2. The molecule has 0 saturated carbocycles. The highest BCUT2D eigenvalue weighted by atomic mass is 32.2. The molecule has 3 aromatic rings. The summed E-state index contributed by atoms with van der Waals surface area (Å²) in [5.74, 6) is 1.23. The fourth-order valence-electron chi connectivity index (χ4n) is 2.81. The summed E-state index contributed by atoms with van der Waals surface area (Å²) in [6.45, 7) is 0.244. The summed E-state index contributed by atoms with van der Waals surface area (Å²) >= 11 is 1.51. The van der Waals surface area contributed by atoms with Crippen LogP contribution in [0, 0.1) is 0 Å². The van der Waals surface area contributed by atoms with Crippen LogP contribution < -0.4 is 10.3 Å². The number of ether oxygens (including phenoxy) is 2. The number of nitrogens with zero attached hydrogens (tertiary/aromatic N) is 2. The molecule has 3 rings (SSSR count). The van der Waals surface area contributed by atoms with Crippen molar-refractivity contribution in [2.24, 2.45) is 0 Å². The SMILES string of the molecule is COC(=O)CCn1c(SCCc2ccc(OC)cc2)nc2ccccc2c1=O. The second-order valence-corrected chi connectivity index (χ2v) is 7.20. The van der Waals surface area contributed by atoms with Gasteiger partial charge in [0, 0.05) is 12.3 Å². The van der Waals surface area contributed by atoms with E-state index >= 15 is 0 Å². The van der Waals surface area contributed by atoms with Crippen LogP contribution in [0.15, 0.2) is 58.5 Å². The maximum atomic E-state index is 12.9. The lowest BCUT2D eigenvalue weighted by Crippen LogP contribution is -2.25. The molecule has 28 heavy (non-hydrogen) atoms. The van der Waals surface area contributed by atoms with E-state index in [1.54, 1.807) is 17.7 Å². The number of carbonyl (C=O) groups excluding carboxylic acids is 1. The maximum absolute atomic E-state index is 12.9. The van der Waals surface area contributed by atoms with Crippen molar-refractivity contribution >= 4 is 28.6 Å². The molecule has 0 spiro atoms. The molecular formula is C21H22N2O4S. The standard InChI is InChI=1S/C21H22N2O4S/c1-26-16-9-7-15(8-10-16)12-14-28-21-22-18-6-4-3-5-17(18)20(25)23(21)13-11-19(24)27-2/h3-10H,11-14H2,1-2H3. The number of fused-ring (bicyclic) bond motifs is 1. The predicted molar refractivity (Wildman–Crippen MR) is 110 cm³/mol. The van der Waals surface area contributed by atoms with Gasteiger partial charge in [-0.3, -0.25) is 14.2 Å². The van der Waals surface area contributed by atoms with Crippen molar-refractivity contribution in [1.29, 1.82) is 0 Å². The number of aromatic nitrogens is 2. The van der Waals surface area contributed by atoms with Gasteiger partial charge >= 0.3 is 5.97 Å². The zero-order chi connectivity index (χ0) is 19.9. The summed E-state index contributed by atoms with van der Waals surface area (Å²) in [5, 5.41) is 1.16. The molecule has 7 heteroatoms. The van der Waals surface area contributed by atoms with E-state index in [4.69, 9.17) is 9.47 Å². The van der Waals surface area contributed by atoms with E-state index in [0.29, 0.717) is 16.1 Å².